The lowest BCUT2D eigenvalue weighted by Crippen LogP contribution is -2.38. The Morgan fingerprint density at radius 3 is 2.60 bits per heavy atom. The van der Waals surface area contributed by atoms with E-state index in [1.807, 2.05) is 6.07 Å². The van der Waals surface area contributed by atoms with Crippen LogP contribution in [0.4, 0.5) is 5.69 Å². The highest BCUT2D eigenvalue weighted by Crippen LogP contribution is 2.35. The van der Waals surface area contributed by atoms with Crippen LogP contribution in [0.15, 0.2) is 18.2 Å². The third kappa shape index (κ3) is 3.29. The van der Waals surface area contributed by atoms with Gasteiger partial charge in [0.05, 0.1) is 0 Å². The van der Waals surface area contributed by atoms with Crippen molar-refractivity contribution in [1.82, 2.24) is 5.32 Å². The molecule has 1 aliphatic carbocycles. The van der Waals surface area contributed by atoms with Gasteiger partial charge in [-0.3, -0.25) is 0 Å². The average molecular weight is 293 g/mol. The maximum atomic E-state index is 6.44. The first-order valence-electron chi connectivity index (χ1n) is 7.81. The van der Waals surface area contributed by atoms with E-state index >= 15 is 0 Å². The zero-order valence-corrected chi connectivity index (χ0v) is 13.3. The van der Waals surface area contributed by atoms with Crippen LogP contribution in [0.1, 0.15) is 45.1 Å². The highest BCUT2D eigenvalue weighted by atomic mass is 35.5. The number of nitrogens with zero attached hydrogens (tertiary/aromatic N) is 1. The first kappa shape index (κ1) is 14.2. The minimum Gasteiger partial charge on any atom is -0.371 e. The van der Waals surface area contributed by atoms with Crippen molar-refractivity contribution in [3.8, 4) is 0 Å². The smallest absolute Gasteiger partial charge is 0.0471 e. The Bertz CT molecular complexity index is 470. The fraction of sp³-hybridized carbons (Fsp3) is 0.647. The van der Waals surface area contributed by atoms with Crippen LogP contribution in [0, 0.1) is 5.41 Å². The third-order valence-corrected chi connectivity index (χ3v) is 5.05. The molecule has 110 valence electrons. The quantitative estimate of drug-likeness (QED) is 0.894. The van der Waals surface area contributed by atoms with Gasteiger partial charge in [0.25, 0.3) is 0 Å². The third-order valence-electron chi connectivity index (χ3n) is 4.70. The van der Waals surface area contributed by atoms with Crippen LogP contribution in [0.5, 0.6) is 0 Å². The molecule has 1 aromatic carbocycles. The maximum Gasteiger partial charge on any atom is 0.0471 e. The van der Waals surface area contributed by atoms with Crippen LogP contribution < -0.4 is 10.2 Å². The Hall–Kier alpha value is -0.730. The van der Waals surface area contributed by atoms with Gasteiger partial charge in [-0.25, -0.2) is 0 Å². The minimum atomic E-state index is 0.488. The van der Waals surface area contributed by atoms with E-state index in [2.05, 4.69) is 36.2 Å². The van der Waals surface area contributed by atoms with Gasteiger partial charge in [-0.15, -0.1) is 0 Å². The fourth-order valence-corrected chi connectivity index (χ4v) is 3.14. The second-order valence-electron chi connectivity index (χ2n) is 7.04. The van der Waals surface area contributed by atoms with Crippen LogP contribution in [0.3, 0.4) is 0 Å². The molecule has 0 atom stereocenters. The summed E-state index contributed by atoms with van der Waals surface area (Å²) in [6.45, 7) is 7.93. The summed E-state index contributed by atoms with van der Waals surface area (Å²) in [5.41, 5.74) is 3.10. The van der Waals surface area contributed by atoms with Crippen molar-refractivity contribution >= 4 is 17.3 Å². The zero-order valence-electron chi connectivity index (χ0n) is 12.6. The molecule has 0 unspecified atom stereocenters. The summed E-state index contributed by atoms with van der Waals surface area (Å²) < 4.78 is 0. The summed E-state index contributed by atoms with van der Waals surface area (Å²) in [4.78, 5) is 2.51. The second-order valence-corrected chi connectivity index (χ2v) is 7.45. The van der Waals surface area contributed by atoms with Crippen LogP contribution in [0.25, 0.3) is 0 Å². The summed E-state index contributed by atoms with van der Waals surface area (Å²) in [6.07, 6.45) is 5.15. The topological polar surface area (TPSA) is 15.3 Å². The Balaban J connectivity index is 1.75. The van der Waals surface area contributed by atoms with Crippen molar-refractivity contribution in [1.29, 1.82) is 0 Å². The van der Waals surface area contributed by atoms with Crippen molar-refractivity contribution in [2.24, 2.45) is 5.41 Å². The lowest BCUT2D eigenvalue weighted by molar-refractivity contribution is 0.279. The number of piperidine rings is 1. The second kappa shape index (κ2) is 5.57. The van der Waals surface area contributed by atoms with Crippen LogP contribution >= 0.6 is 11.6 Å². The highest BCUT2D eigenvalue weighted by molar-refractivity contribution is 6.31. The molecule has 0 aromatic heterocycles. The summed E-state index contributed by atoms with van der Waals surface area (Å²) in [5.74, 6) is 0. The van der Waals surface area contributed by atoms with Gasteiger partial charge in [0.15, 0.2) is 0 Å². The van der Waals surface area contributed by atoms with Crippen LogP contribution in [-0.2, 0) is 6.54 Å². The molecule has 1 aromatic rings. The number of rotatable bonds is 4. The molecular weight excluding hydrogens is 268 g/mol. The number of halogens is 1. The molecule has 2 fully saturated rings. The van der Waals surface area contributed by atoms with Crippen molar-refractivity contribution < 1.29 is 0 Å². The van der Waals surface area contributed by atoms with Gasteiger partial charge in [0, 0.05) is 41.9 Å². The van der Waals surface area contributed by atoms with Crippen molar-refractivity contribution in [2.45, 2.75) is 52.1 Å². The molecule has 3 heteroatoms. The van der Waals surface area contributed by atoms with Gasteiger partial charge in [-0.1, -0.05) is 31.5 Å². The normalized spacial score (nSPS) is 22.1. The van der Waals surface area contributed by atoms with Gasteiger partial charge < -0.3 is 10.2 Å². The molecule has 1 N–H and O–H groups in total. The Kier molecular flexibility index (Phi) is 3.96. The van der Waals surface area contributed by atoms with E-state index < -0.39 is 0 Å². The van der Waals surface area contributed by atoms with Gasteiger partial charge in [0.1, 0.15) is 0 Å². The predicted octanol–water partition coefficient (Wildman–Crippen LogP) is 4.22. The zero-order chi connectivity index (χ0) is 14.2. The van der Waals surface area contributed by atoms with Crippen molar-refractivity contribution in [2.75, 3.05) is 18.0 Å². The highest BCUT2D eigenvalue weighted by Gasteiger charge is 2.27. The lowest BCUT2D eigenvalue weighted by Gasteiger charge is -2.39. The van der Waals surface area contributed by atoms with Crippen LogP contribution in [-0.4, -0.2) is 19.1 Å². The Morgan fingerprint density at radius 1 is 1.25 bits per heavy atom. The molecule has 1 saturated heterocycles. The Labute approximate surface area is 127 Å². The van der Waals surface area contributed by atoms with Crippen LogP contribution in [0.2, 0.25) is 5.02 Å². The molecule has 0 amide bonds. The van der Waals surface area contributed by atoms with Gasteiger partial charge in [-0.2, -0.15) is 0 Å². The molecule has 2 aliphatic rings. The maximum absolute atomic E-state index is 6.44. The van der Waals surface area contributed by atoms with E-state index in [1.54, 1.807) is 0 Å². The molecule has 20 heavy (non-hydrogen) atoms. The van der Waals surface area contributed by atoms with E-state index in [0.717, 1.165) is 30.7 Å². The summed E-state index contributed by atoms with van der Waals surface area (Å²) >= 11 is 6.44. The first-order valence-corrected chi connectivity index (χ1v) is 8.19. The summed E-state index contributed by atoms with van der Waals surface area (Å²) in [7, 11) is 0. The predicted molar refractivity (Wildman–Crippen MR) is 86.5 cm³/mol. The van der Waals surface area contributed by atoms with E-state index in [-0.39, 0.29) is 0 Å². The Morgan fingerprint density at radius 2 is 1.95 bits per heavy atom. The number of nitrogens with one attached hydrogen (secondary N) is 1. The van der Waals surface area contributed by atoms with E-state index in [0.29, 0.717) is 5.41 Å². The molecule has 0 spiro atoms. The van der Waals surface area contributed by atoms with Crippen molar-refractivity contribution in [3.63, 3.8) is 0 Å². The largest absolute Gasteiger partial charge is 0.371 e. The molecule has 2 nitrogen and oxygen atoms in total. The minimum absolute atomic E-state index is 0.488. The monoisotopic (exact) mass is 292 g/mol. The molecule has 1 heterocycles. The standard InChI is InChI=1S/C17H25ClN2/c1-17(2)8-10-20(11-9-17)16-5-3-4-15(18)14(16)12-19-13-6-7-13/h3-5,13,19H,6-12H2,1-2H3. The number of anilines is 1. The fourth-order valence-electron chi connectivity index (χ4n) is 2.91. The van der Waals surface area contributed by atoms with Crippen molar-refractivity contribution in [3.05, 3.63) is 28.8 Å². The molecule has 0 radical (unpaired) electrons. The van der Waals surface area contributed by atoms with E-state index in [9.17, 15) is 0 Å². The summed E-state index contributed by atoms with van der Waals surface area (Å²) in [5, 5.41) is 4.50. The first-order chi connectivity index (χ1) is 9.55. The van der Waals surface area contributed by atoms with E-state index in [4.69, 9.17) is 11.6 Å². The average Bonchev–Trinajstić information content (AvgIpc) is 3.21. The number of hydrogen-bond donors (Lipinski definition) is 1. The lowest BCUT2D eigenvalue weighted by atomic mass is 9.82. The number of benzene rings is 1. The van der Waals surface area contributed by atoms with Gasteiger partial charge in [0.2, 0.25) is 0 Å². The van der Waals surface area contributed by atoms with E-state index in [1.165, 1.54) is 36.9 Å². The van der Waals surface area contributed by atoms with Gasteiger partial charge in [-0.05, 0) is 43.2 Å². The molecule has 3 rings (SSSR count). The van der Waals surface area contributed by atoms with Gasteiger partial charge >= 0.3 is 0 Å². The molecule has 1 aliphatic heterocycles. The molecule has 0 bridgehead atoms. The molecule has 1 saturated carbocycles. The molecular formula is C17H25ClN2. The summed E-state index contributed by atoms with van der Waals surface area (Å²) in [6, 6.07) is 7.05. The number of hydrogen-bond acceptors (Lipinski definition) is 2. The SMILES string of the molecule is CC1(C)CCN(c2cccc(Cl)c2CNC2CC2)CC1.